The number of amides is 1. The zero-order valence-corrected chi connectivity index (χ0v) is 14.0. The Morgan fingerprint density at radius 1 is 1.32 bits per heavy atom. The lowest BCUT2D eigenvalue weighted by molar-refractivity contribution is 0.0790. The van der Waals surface area contributed by atoms with Crippen molar-refractivity contribution in [3.63, 3.8) is 0 Å². The molecule has 0 saturated carbocycles. The van der Waals surface area contributed by atoms with E-state index >= 15 is 0 Å². The molecule has 0 bridgehead atoms. The number of likely N-dealkylation sites (tertiary alicyclic amines) is 1. The van der Waals surface area contributed by atoms with Gasteiger partial charge >= 0.3 is 0 Å². The van der Waals surface area contributed by atoms with Crippen molar-refractivity contribution >= 4 is 5.91 Å². The van der Waals surface area contributed by atoms with Crippen molar-refractivity contribution in [3.05, 3.63) is 60.2 Å². The van der Waals surface area contributed by atoms with Crippen molar-refractivity contribution in [2.45, 2.75) is 18.9 Å². The molecule has 3 heterocycles. The summed E-state index contributed by atoms with van der Waals surface area (Å²) in [5.41, 5.74) is 1.73. The zero-order chi connectivity index (χ0) is 17.2. The van der Waals surface area contributed by atoms with Crippen LogP contribution in [-0.4, -0.2) is 53.4 Å². The highest BCUT2D eigenvalue weighted by molar-refractivity contribution is 5.94. The van der Waals surface area contributed by atoms with Crippen LogP contribution in [0.3, 0.4) is 0 Å². The lowest BCUT2D eigenvalue weighted by atomic mass is 10.1. The highest BCUT2D eigenvalue weighted by atomic mass is 16.2. The SMILES string of the molecule is Cn1cnnc1C1CCN(C(=O)c2cccc(Cn3cncn3)c2)C1. The molecule has 0 N–H and O–H groups in total. The maximum absolute atomic E-state index is 12.8. The van der Waals surface area contributed by atoms with E-state index in [-0.39, 0.29) is 11.8 Å². The number of rotatable bonds is 4. The summed E-state index contributed by atoms with van der Waals surface area (Å²) in [6.07, 6.45) is 5.79. The monoisotopic (exact) mass is 337 g/mol. The topological polar surface area (TPSA) is 81.7 Å². The molecule has 1 aromatic carbocycles. The summed E-state index contributed by atoms with van der Waals surface area (Å²) in [6, 6.07) is 7.70. The van der Waals surface area contributed by atoms with Crippen LogP contribution in [0.4, 0.5) is 0 Å². The van der Waals surface area contributed by atoms with Gasteiger partial charge < -0.3 is 9.47 Å². The van der Waals surface area contributed by atoms with Gasteiger partial charge in [0.15, 0.2) is 0 Å². The van der Waals surface area contributed by atoms with E-state index in [0.717, 1.165) is 24.4 Å². The molecule has 0 radical (unpaired) electrons. The second-order valence-corrected chi connectivity index (χ2v) is 6.33. The summed E-state index contributed by atoms with van der Waals surface area (Å²) in [7, 11) is 1.94. The number of aryl methyl sites for hydroxylation is 1. The average Bonchev–Trinajstić information content (AvgIpc) is 3.36. The van der Waals surface area contributed by atoms with Crippen LogP contribution in [-0.2, 0) is 13.6 Å². The largest absolute Gasteiger partial charge is 0.338 e. The minimum absolute atomic E-state index is 0.0603. The molecule has 1 unspecified atom stereocenters. The lowest BCUT2D eigenvalue weighted by Crippen LogP contribution is -2.28. The van der Waals surface area contributed by atoms with E-state index in [1.807, 2.05) is 40.8 Å². The molecule has 1 saturated heterocycles. The Bertz CT molecular complexity index is 871. The first kappa shape index (κ1) is 15.5. The van der Waals surface area contributed by atoms with Gasteiger partial charge in [-0.25, -0.2) is 9.67 Å². The number of nitrogens with zero attached hydrogens (tertiary/aromatic N) is 7. The van der Waals surface area contributed by atoms with Gasteiger partial charge in [-0.05, 0) is 24.1 Å². The van der Waals surface area contributed by atoms with E-state index < -0.39 is 0 Å². The molecule has 0 spiro atoms. The first-order chi connectivity index (χ1) is 12.2. The van der Waals surface area contributed by atoms with Crippen molar-refractivity contribution in [2.24, 2.45) is 7.05 Å². The third kappa shape index (κ3) is 3.15. The number of carbonyl (C=O) groups excluding carboxylic acids is 1. The summed E-state index contributed by atoms with van der Waals surface area (Å²) in [4.78, 5) is 18.7. The molecule has 4 rings (SSSR count). The van der Waals surface area contributed by atoms with Crippen LogP contribution in [0.15, 0.2) is 43.2 Å². The summed E-state index contributed by atoms with van der Waals surface area (Å²) < 4.78 is 3.67. The zero-order valence-electron chi connectivity index (χ0n) is 14.0. The van der Waals surface area contributed by atoms with Crippen LogP contribution in [0.5, 0.6) is 0 Å². The van der Waals surface area contributed by atoms with E-state index in [4.69, 9.17) is 0 Å². The number of hydrogen-bond donors (Lipinski definition) is 0. The van der Waals surface area contributed by atoms with Gasteiger partial charge in [0.25, 0.3) is 5.91 Å². The van der Waals surface area contributed by atoms with Crippen molar-refractivity contribution < 1.29 is 4.79 Å². The standard InChI is InChI=1S/C17H19N7O/c1-22-12-19-21-16(22)15-5-6-23(9-15)17(25)14-4-2-3-13(7-14)8-24-11-18-10-20-24/h2-4,7,10-12,15H,5-6,8-9H2,1H3. The second-order valence-electron chi connectivity index (χ2n) is 6.33. The van der Waals surface area contributed by atoms with Crippen molar-refractivity contribution in [3.8, 4) is 0 Å². The number of benzene rings is 1. The molecule has 128 valence electrons. The van der Waals surface area contributed by atoms with E-state index in [2.05, 4.69) is 20.3 Å². The Morgan fingerprint density at radius 2 is 2.24 bits per heavy atom. The Morgan fingerprint density at radius 3 is 3.00 bits per heavy atom. The predicted molar refractivity (Wildman–Crippen MR) is 89.8 cm³/mol. The molecule has 1 amide bonds. The Kier molecular flexibility index (Phi) is 4.01. The molecule has 1 aliphatic rings. The Labute approximate surface area is 145 Å². The summed E-state index contributed by atoms with van der Waals surface area (Å²) in [5.74, 6) is 1.25. The van der Waals surface area contributed by atoms with Crippen molar-refractivity contribution in [2.75, 3.05) is 13.1 Å². The molecule has 2 aromatic heterocycles. The Hall–Kier alpha value is -3.03. The van der Waals surface area contributed by atoms with E-state index in [0.29, 0.717) is 18.7 Å². The maximum Gasteiger partial charge on any atom is 0.253 e. The van der Waals surface area contributed by atoms with Gasteiger partial charge in [0.2, 0.25) is 0 Å². The van der Waals surface area contributed by atoms with Gasteiger partial charge in [0, 0.05) is 31.6 Å². The minimum atomic E-state index is 0.0603. The molecule has 8 heteroatoms. The van der Waals surface area contributed by atoms with Gasteiger partial charge in [-0.2, -0.15) is 5.10 Å². The van der Waals surface area contributed by atoms with Gasteiger partial charge in [-0.3, -0.25) is 4.79 Å². The number of carbonyl (C=O) groups is 1. The fourth-order valence-corrected chi connectivity index (χ4v) is 3.30. The van der Waals surface area contributed by atoms with Crippen LogP contribution in [0.2, 0.25) is 0 Å². The van der Waals surface area contributed by atoms with E-state index in [9.17, 15) is 4.79 Å². The smallest absolute Gasteiger partial charge is 0.253 e. The van der Waals surface area contributed by atoms with Crippen molar-refractivity contribution in [1.29, 1.82) is 0 Å². The molecule has 1 fully saturated rings. The van der Waals surface area contributed by atoms with Gasteiger partial charge in [-0.1, -0.05) is 12.1 Å². The molecular weight excluding hydrogens is 318 g/mol. The maximum atomic E-state index is 12.8. The summed E-state index contributed by atoms with van der Waals surface area (Å²) in [5, 5.41) is 12.2. The van der Waals surface area contributed by atoms with Crippen LogP contribution in [0.25, 0.3) is 0 Å². The molecule has 1 aliphatic heterocycles. The van der Waals surface area contributed by atoms with E-state index in [1.165, 1.54) is 6.33 Å². The molecule has 0 aliphatic carbocycles. The quantitative estimate of drug-likeness (QED) is 0.712. The van der Waals surface area contributed by atoms with Crippen LogP contribution < -0.4 is 0 Å². The van der Waals surface area contributed by atoms with E-state index in [1.54, 1.807) is 17.3 Å². The first-order valence-corrected chi connectivity index (χ1v) is 8.25. The molecular formula is C17H19N7O. The van der Waals surface area contributed by atoms with Gasteiger partial charge in [0.05, 0.1) is 6.54 Å². The molecule has 1 atom stereocenters. The average molecular weight is 337 g/mol. The fourth-order valence-electron chi connectivity index (χ4n) is 3.30. The molecule has 3 aromatic rings. The predicted octanol–water partition coefficient (Wildman–Crippen LogP) is 1.08. The first-order valence-electron chi connectivity index (χ1n) is 8.25. The molecule has 25 heavy (non-hydrogen) atoms. The minimum Gasteiger partial charge on any atom is -0.338 e. The number of aromatic nitrogens is 6. The second kappa shape index (κ2) is 6.46. The third-order valence-electron chi connectivity index (χ3n) is 4.57. The third-order valence-corrected chi connectivity index (χ3v) is 4.57. The normalized spacial score (nSPS) is 17.2. The van der Waals surface area contributed by atoms with Crippen LogP contribution in [0.1, 0.15) is 34.1 Å². The van der Waals surface area contributed by atoms with Crippen molar-refractivity contribution in [1.82, 2.24) is 34.4 Å². The number of hydrogen-bond acceptors (Lipinski definition) is 5. The van der Waals surface area contributed by atoms with Crippen LogP contribution in [0, 0.1) is 0 Å². The van der Waals surface area contributed by atoms with Crippen LogP contribution >= 0.6 is 0 Å². The molecule has 8 nitrogen and oxygen atoms in total. The highest BCUT2D eigenvalue weighted by Crippen LogP contribution is 2.26. The van der Waals surface area contributed by atoms with Gasteiger partial charge in [0.1, 0.15) is 24.8 Å². The Balaban J connectivity index is 1.47. The lowest BCUT2D eigenvalue weighted by Gasteiger charge is -2.17. The summed E-state index contributed by atoms with van der Waals surface area (Å²) >= 11 is 0. The summed E-state index contributed by atoms with van der Waals surface area (Å²) in [6.45, 7) is 2.02. The highest BCUT2D eigenvalue weighted by Gasteiger charge is 2.30. The fraction of sp³-hybridized carbons (Fsp3) is 0.353. The van der Waals surface area contributed by atoms with Gasteiger partial charge in [-0.15, -0.1) is 10.2 Å².